The summed E-state index contributed by atoms with van der Waals surface area (Å²) < 4.78 is 0. The quantitative estimate of drug-likeness (QED) is 0.829. The Bertz CT molecular complexity index is 647. The van der Waals surface area contributed by atoms with Crippen molar-refractivity contribution in [3.05, 3.63) is 51.2 Å². The second-order valence-corrected chi connectivity index (χ2v) is 7.64. The fourth-order valence-corrected chi connectivity index (χ4v) is 4.20. The van der Waals surface area contributed by atoms with Crippen molar-refractivity contribution < 1.29 is 0 Å². The number of rotatable bonds is 3. The van der Waals surface area contributed by atoms with Gasteiger partial charge in [0.15, 0.2) is 0 Å². The van der Waals surface area contributed by atoms with Gasteiger partial charge in [0.05, 0.1) is 0 Å². The molecule has 0 saturated carbocycles. The SMILES string of the molecule is Cc1cccc(N2CCN(Cc3csc(C)c3C)C[C@@H]2C)c1. The predicted octanol–water partition coefficient (Wildman–Crippen LogP) is 4.38. The normalized spacial score (nSPS) is 19.6. The molecule has 2 heterocycles. The predicted molar refractivity (Wildman–Crippen MR) is 97.1 cm³/mol. The number of nitrogens with zero attached hydrogens (tertiary/aromatic N) is 2. The van der Waals surface area contributed by atoms with Crippen LogP contribution in [0.2, 0.25) is 0 Å². The van der Waals surface area contributed by atoms with Crippen molar-refractivity contribution in [3.8, 4) is 0 Å². The van der Waals surface area contributed by atoms with Crippen LogP contribution in [-0.2, 0) is 6.54 Å². The summed E-state index contributed by atoms with van der Waals surface area (Å²) in [6.07, 6.45) is 0. The molecule has 0 amide bonds. The van der Waals surface area contributed by atoms with Crippen LogP contribution in [0, 0.1) is 20.8 Å². The van der Waals surface area contributed by atoms with Crippen LogP contribution >= 0.6 is 11.3 Å². The molecule has 2 nitrogen and oxygen atoms in total. The van der Waals surface area contributed by atoms with Crippen molar-refractivity contribution in [2.45, 2.75) is 40.3 Å². The Morgan fingerprint density at radius 2 is 2.00 bits per heavy atom. The number of anilines is 1. The molecular weight excluding hydrogens is 288 g/mol. The average molecular weight is 314 g/mol. The van der Waals surface area contributed by atoms with E-state index in [4.69, 9.17) is 0 Å². The third-order valence-corrected chi connectivity index (χ3v) is 5.89. The summed E-state index contributed by atoms with van der Waals surface area (Å²) in [5.74, 6) is 0. The second-order valence-electron chi connectivity index (χ2n) is 6.56. The summed E-state index contributed by atoms with van der Waals surface area (Å²) in [4.78, 5) is 6.61. The molecule has 0 unspecified atom stereocenters. The van der Waals surface area contributed by atoms with E-state index >= 15 is 0 Å². The van der Waals surface area contributed by atoms with E-state index in [-0.39, 0.29) is 0 Å². The van der Waals surface area contributed by atoms with Gasteiger partial charge in [-0.05, 0) is 61.9 Å². The number of hydrogen-bond acceptors (Lipinski definition) is 3. The van der Waals surface area contributed by atoms with Gasteiger partial charge in [-0.1, -0.05) is 12.1 Å². The lowest BCUT2D eigenvalue weighted by atomic mass is 10.1. The standard InChI is InChI=1S/C19H26N2S/c1-14-6-5-7-19(10-14)21-9-8-20(11-15(21)2)12-18-13-22-17(4)16(18)3/h5-7,10,13,15H,8-9,11-12H2,1-4H3/t15-/m0/s1. The van der Waals surface area contributed by atoms with Crippen molar-refractivity contribution in [2.24, 2.45) is 0 Å². The van der Waals surface area contributed by atoms with Crippen LogP contribution in [0.1, 0.15) is 28.5 Å². The Kier molecular flexibility index (Phi) is 4.55. The van der Waals surface area contributed by atoms with Gasteiger partial charge < -0.3 is 4.90 Å². The van der Waals surface area contributed by atoms with Gasteiger partial charge in [-0.25, -0.2) is 0 Å². The van der Waals surface area contributed by atoms with E-state index < -0.39 is 0 Å². The lowest BCUT2D eigenvalue weighted by Gasteiger charge is -2.41. The third kappa shape index (κ3) is 3.21. The van der Waals surface area contributed by atoms with E-state index in [1.165, 1.54) is 27.3 Å². The molecule has 22 heavy (non-hydrogen) atoms. The van der Waals surface area contributed by atoms with Crippen LogP contribution in [0.5, 0.6) is 0 Å². The minimum Gasteiger partial charge on any atom is -0.366 e. The fourth-order valence-electron chi connectivity index (χ4n) is 3.33. The van der Waals surface area contributed by atoms with E-state index in [9.17, 15) is 0 Å². The summed E-state index contributed by atoms with van der Waals surface area (Å²) >= 11 is 1.88. The fraction of sp³-hybridized carbons (Fsp3) is 0.474. The highest BCUT2D eigenvalue weighted by Gasteiger charge is 2.24. The van der Waals surface area contributed by atoms with Gasteiger partial charge in [0.25, 0.3) is 0 Å². The minimum atomic E-state index is 0.565. The van der Waals surface area contributed by atoms with Crippen LogP contribution in [0.4, 0.5) is 5.69 Å². The number of piperazine rings is 1. The maximum absolute atomic E-state index is 2.60. The molecule has 2 aromatic rings. The summed E-state index contributed by atoms with van der Waals surface area (Å²) in [5, 5.41) is 2.34. The minimum absolute atomic E-state index is 0.565. The summed E-state index contributed by atoms with van der Waals surface area (Å²) in [7, 11) is 0. The largest absolute Gasteiger partial charge is 0.366 e. The van der Waals surface area contributed by atoms with Crippen molar-refractivity contribution in [2.75, 3.05) is 24.5 Å². The molecule has 1 fully saturated rings. The van der Waals surface area contributed by atoms with Gasteiger partial charge in [0.1, 0.15) is 0 Å². The van der Waals surface area contributed by atoms with E-state index in [0.29, 0.717) is 6.04 Å². The van der Waals surface area contributed by atoms with Crippen LogP contribution in [0.15, 0.2) is 29.6 Å². The first kappa shape index (κ1) is 15.6. The summed E-state index contributed by atoms with van der Waals surface area (Å²) in [6.45, 7) is 13.5. The smallest absolute Gasteiger partial charge is 0.0389 e. The molecule has 1 aromatic heterocycles. The molecular formula is C19H26N2S. The molecule has 0 bridgehead atoms. The second kappa shape index (κ2) is 6.43. The molecule has 1 atom stereocenters. The van der Waals surface area contributed by atoms with Gasteiger partial charge >= 0.3 is 0 Å². The lowest BCUT2D eigenvalue weighted by Crippen LogP contribution is -2.51. The van der Waals surface area contributed by atoms with Crippen molar-refractivity contribution in [1.29, 1.82) is 0 Å². The zero-order chi connectivity index (χ0) is 15.7. The highest BCUT2D eigenvalue weighted by Crippen LogP contribution is 2.25. The third-order valence-electron chi connectivity index (χ3n) is 4.83. The van der Waals surface area contributed by atoms with Gasteiger partial charge in [-0.2, -0.15) is 0 Å². The molecule has 0 N–H and O–H groups in total. The average Bonchev–Trinajstić information content (AvgIpc) is 2.79. The Hall–Kier alpha value is -1.32. The number of hydrogen-bond donors (Lipinski definition) is 0. The molecule has 0 aliphatic carbocycles. The van der Waals surface area contributed by atoms with E-state index in [2.05, 4.69) is 67.1 Å². The monoisotopic (exact) mass is 314 g/mol. The van der Waals surface area contributed by atoms with Crippen LogP contribution in [0.25, 0.3) is 0 Å². The van der Waals surface area contributed by atoms with E-state index in [1.54, 1.807) is 0 Å². The van der Waals surface area contributed by atoms with Crippen molar-refractivity contribution in [3.63, 3.8) is 0 Å². The first-order valence-electron chi connectivity index (χ1n) is 8.14. The van der Waals surface area contributed by atoms with Crippen LogP contribution in [-0.4, -0.2) is 30.6 Å². The molecule has 3 heteroatoms. The Balaban J connectivity index is 1.66. The van der Waals surface area contributed by atoms with E-state index in [1.807, 2.05) is 11.3 Å². The molecule has 1 aliphatic rings. The highest BCUT2D eigenvalue weighted by atomic mass is 32.1. The first-order valence-corrected chi connectivity index (χ1v) is 9.02. The molecule has 1 saturated heterocycles. The Labute approximate surface area is 138 Å². The van der Waals surface area contributed by atoms with Crippen LogP contribution in [0.3, 0.4) is 0 Å². The molecule has 0 radical (unpaired) electrons. The number of benzene rings is 1. The molecule has 3 rings (SSSR count). The van der Waals surface area contributed by atoms with Crippen molar-refractivity contribution >= 4 is 17.0 Å². The maximum Gasteiger partial charge on any atom is 0.0389 e. The highest BCUT2D eigenvalue weighted by molar-refractivity contribution is 7.10. The summed E-state index contributed by atoms with van der Waals surface area (Å²) in [6, 6.07) is 9.45. The van der Waals surface area contributed by atoms with Gasteiger partial charge in [-0.15, -0.1) is 11.3 Å². The first-order chi connectivity index (χ1) is 10.5. The zero-order valence-electron chi connectivity index (χ0n) is 14.1. The van der Waals surface area contributed by atoms with E-state index in [0.717, 1.165) is 26.2 Å². The topological polar surface area (TPSA) is 6.48 Å². The van der Waals surface area contributed by atoms with Gasteiger partial charge in [0, 0.05) is 42.8 Å². The maximum atomic E-state index is 2.60. The molecule has 0 spiro atoms. The van der Waals surface area contributed by atoms with Gasteiger partial charge in [-0.3, -0.25) is 4.90 Å². The van der Waals surface area contributed by atoms with Gasteiger partial charge in [0.2, 0.25) is 0 Å². The van der Waals surface area contributed by atoms with Crippen molar-refractivity contribution in [1.82, 2.24) is 4.90 Å². The Morgan fingerprint density at radius 3 is 2.64 bits per heavy atom. The molecule has 1 aliphatic heterocycles. The zero-order valence-corrected chi connectivity index (χ0v) is 14.9. The number of aryl methyl sites for hydroxylation is 2. The summed E-state index contributed by atoms with van der Waals surface area (Å²) in [5.41, 5.74) is 5.71. The van der Waals surface area contributed by atoms with Crippen LogP contribution < -0.4 is 4.90 Å². The molecule has 1 aromatic carbocycles. The number of thiophene rings is 1. The lowest BCUT2D eigenvalue weighted by molar-refractivity contribution is 0.221. The molecule has 118 valence electrons. The Morgan fingerprint density at radius 1 is 1.18 bits per heavy atom.